The summed E-state index contributed by atoms with van der Waals surface area (Å²) in [4.78, 5) is 12.3. The van der Waals surface area contributed by atoms with Gasteiger partial charge in [0.1, 0.15) is 11.4 Å². The van der Waals surface area contributed by atoms with Gasteiger partial charge in [-0.15, -0.1) is 5.10 Å². The van der Waals surface area contributed by atoms with Crippen molar-refractivity contribution in [2.75, 3.05) is 20.2 Å². The number of amides is 1. The van der Waals surface area contributed by atoms with E-state index in [2.05, 4.69) is 14.9 Å². The van der Waals surface area contributed by atoms with Crippen molar-refractivity contribution in [3.63, 3.8) is 0 Å². The van der Waals surface area contributed by atoms with Crippen molar-refractivity contribution in [2.45, 2.75) is 50.9 Å². The highest BCUT2D eigenvalue weighted by Gasteiger charge is 2.31. The Balaban J connectivity index is 1.71. The lowest BCUT2D eigenvalue weighted by atomic mass is 10.1. The minimum absolute atomic E-state index is 0.0585. The molecule has 138 valence electrons. The summed E-state index contributed by atoms with van der Waals surface area (Å²) in [6.45, 7) is 0.858. The lowest BCUT2D eigenvalue weighted by molar-refractivity contribution is 0.0972. The number of nitrogens with zero attached hydrogens (tertiary/aromatic N) is 3. The Morgan fingerprint density at radius 2 is 1.80 bits per heavy atom. The van der Waals surface area contributed by atoms with Crippen LogP contribution < -0.4 is 9.46 Å². The van der Waals surface area contributed by atoms with Gasteiger partial charge < -0.3 is 4.74 Å². The van der Waals surface area contributed by atoms with E-state index in [4.69, 9.17) is 4.74 Å². The molecule has 0 bridgehead atoms. The van der Waals surface area contributed by atoms with Gasteiger partial charge in [0.2, 0.25) is 0 Å². The third-order valence-corrected chi connectivity index (χ3v) is 6.07. The lowest BCUT2D eigenvalue weighted by Crippen LogP contribution is -2.45. The first-order valence-electron chi connectivity index (χ1n) is 8.75. The van der Waals surface area contributed by atoms with E-state index < -0.39 is 16.1 Å². The Labute approximate surface area is 148 Å². The van der Waals surface area contributed by atoms with Crippen molar-refractivity contribution in [2.24, 2.45) is 0 Å². The standard InChI is InChI=1S/C16H24N4O4S/c1-24-14-11-13(17-18-15(14)12-7-8-12)16(21)19-25(22,23)20-9-5-3-2-4-6-10-20/h11-12H,2-10H2,1H3,(H,19,21). The Bertz CT molecular complexity index is 726. The van der Waals surface area contributed by atoms with Crippen molar-refractivity contribution in [1.29, 1.82) is 0 Å². The molecule has 0 radical (unpaired) electrons. The summed E-state index contributed by atoms with van der Waals surface area (Å²) in [7, 11) is -2.38. The number of hydrogen-bond acceptors (Lipinski definition) is 6. The van der Waals surface area contributed by atoms with Gasteiger partial charge in [-0.1, -0.05) is 19.3 Å². The van der Waals surface area contributed by atoms with Crippen LogP contribution in [0.25, 0.3) is 0 Å². The Morgan fingerprint density at radius 1 is 1.16 bits per heavy atom. The number of nitrogens with one attached hydrogen (secondary N) is 1. The van der Waals surface area contributed by atoms with Gasteiger partial charge in [0.25, 0.3) is 5.91 Å². The third kappa shape index (κ3) is 4.46. The molecule has 2 aliphatic rings. The topological polar surface area (TPSA) is 101 Å². The zero-order valence-corrected chi connectivity index (χ0v) is 15.2. The zero-order chi connectivity index (χ0) is 17.9. The molecule has 0 atom stereocenters. The summed E-state index contributed by atoms with van der Waals surface area (Å²) in [5, 5.41) is 7.94. The van der Waals surface area contributed by atoms with Crippen LogP contribution in [0.3, 0.4) is 0 Å². The second-order valence-electron chi connectivity index (χ2n) is 6.56. The molecule has 1 aliphatic heterocycles. The van der Waals surface area contributed by atoms with Gasteiger partial charge in [-0.05, 0) is 25.7 Å². The molecule has 1 aromatic heterocycles. The third-order valence-electron chi connectivity index (χ3n) is 4.58. The molecule has 0 unspecified atom stereocenters. The number of hydrogen-bond donors (Lipinski definition) is 1. The summed E-state index contributed by atoms with van der Waals surface area (Å²) in [6.07, 6.45) is 6.80. The van der Waals surface area contributed by atoms with Gasteiger partial charge in [0.05, 0.1) is 7.11 Å². The fourth-order valence-electron chi connectivity index (χ4n) is 2.99. The number of carbonyl (C=O) groups excluding carboxylic acids is 1. The molecule has 1 saturated heterocycles. The molecule has 1 N–H and O–H groups in total. The number of carbonyl (C=O) groups is 1. The Hall–Kier alpha value is -1.74. The van der Waals surface area contributed by atoms with Crippen LogP contribution in [0.1, 0.15) is 67.0 Å². The van der Waals surface area contributed by atoms with Gasteiger partial charge in [-0.25, -0.2) is 4.72 Å². The molecule has 3 rings (SSSR count). The molecular formula is C16H24N4O4S. The molecule has 1 amide bonds. The predicted molar refractivity (Wildman–Crippen MR) is 91.6 cm³/mol. The highest BCUT2D eigenvalue weighted by Crippen LogP contribution is 2.42. The number of aromatic nitrogens is 2. The molecule has 0 spiro atoms. The largest absolute Gasteiger partial charge is 0.495 e. The zero-order valence-electron chi connectivity index (χ0n) is 14.4. The van der Waals surface area contributed by atoms with Crippen LogP contribution in [0.15, 0.2) is 6.07 Å². The van der Waals surface area contributed by atoms with Gasteiger partial charge in [0.15, 0.2) is 5.69 Å². The maximum atomic E-state index is 12.5. The minimum Gasteiger partial charge on any atom is -0.495 e. The highest BCUT2D eigenvalue weighted by molar-refractivity contribution is 7.87. The van der Waals surface area contributed by atoms with Gasteiger partial charge in [0, 0.05) is 25.1 Å². The molecule has 2 fully saturated rings. The molecule has 8 nitrogen and oxygen atoms in total. The molecule has 1 aliphatic carbocycles. The number of rotatable bonds is 5. The average Bonchev–Trinajstić information content (AvgIpc) is 3.37. The maximum absolute atomic E-state index is 12.5. The van der Waals surface area contributed by atoms with Crippen LogP contribution >= 0.6 is 0 Å². The van der Waals surface area contributed by atoms with Gasteiger partial charge in [-0.2, -0.15) is 17.8 Å². The monoisotopic (exact) mass is 368 g/mol. The number of ether oxygens (including phenoxy) is 1. The fourth-order valence-corrected chi connectivity index (χ4v) is 4.20. The fraction of sp³-hybridized carbons (Fsp3) is 0.688. The van der Waals surface area contributed by atoms with Crippen LogP contribution in [0, 0.1) is 0 Å². The molecule has 2 heterocycles. The second kappa shape index (κ2) is 7.65. The van der Waals surface area contributed by atoms with E-state index in [1.165, 1.54) is 17.5 Å². The Morgan fingerprint density at radius 3 is 2.40 bits per heavy atom. The number of methoxy groups -OCH3 is 1. The van der Waals surface area contributed by atoms with E-state index in [0.717, 1.165) is 50.6 Å². The van der Waals surface area contributed by atoms with E-state index in [1.807, 2.05) is 0 Å². The van der Waals surface area contributed by atoms with Crippen molar-refractivity contribution in [3.05, 3.63) is 17.5 Å². The maximum Gasteiger partial charge on any atom is 0.304 e. The van der Waals surface area contributed by atoms with Crippen molar-refractivity contribution in [1.82, 2.24) is 19.2 Å². The van der Waals surface area contributed by atoms with Crippen LogP contribution in [0.2, 0.25) is 0 Å². The molecule has 0 aromatic carbocycles. The predicted octanol–water partition coefficient (Wildman–Crippen LogP) is 1.60. The van der Waals surface area contributed by atoms with E-state index in [0.29, 0.717) is 24.8 Å². The first-order chi connectivity index (χ1) is 12.0. The van der Waals surface area contributed by atoms with E-state index >= 15 is 0 Å². The average molecular weight is 368 g/mol. The van der Waals surface area contributed by atoms with Gasteiger partial charge in [-0.3, -0.25) is 4.79 Å². The van der Waals surface area contributed by atoms with E-state index in [1.54, 1.807) is 0 Å². The van der Waals surface area contributed by atoms with Crippen LogP contribution in [-0.2, 0) is 10.2 Å². The molecule has 25 heavy (non-hydrogen) atoms. The molecule has 1 saturated carbocycles. The lowest BCUT2D eigenvalue weighted by Gasteiger charge is -2.23. The van der Waals surface area contributed by atoms with E-state index in [-0.39, 0.29) is 5.69 Å². The van der Waals surface area contributed by atoms with E-state index in [9.17, 15) is 13.2 Å². The van der Waals surface area contributed by atoms with Crippen molar-refractivity contribution < 1.29 is 17.9 Å². The molecule has 9 heteroatoms. The minimum atomic E-state index is -3.88. The van der Waals surface area contributed by atoms with Crippen molar-refractivity contribution in [3.8, 4) is 5.75 Å². The highest BCUT2D eigenvalue weighted by atomic mass is 32.2. The first-order valence-corrected chi connectivity index (χ1v) is 10.2. The summed E-state index contributed by atoms with van der Waals surface area (Å²) >= 11 is 0. The molecular weight excluding hydrogens is 344 g/mol. The quantitative estimate of drug-likeness (QED) is 0.847. The summed E-state index contributed by atoms with van der Waals surface area (Å²) < 4.78 is 33.7. The summed E-state index contributed by atoms with van der Waals surface area (Å²) in [6, 6.07) is 1.46. The second-order valence-corrected chi connectivity index (χ2v) is 8.23. The summed E-state index contributed by atoms with van der Waals surface area (Å²) in [5.74, 6) is 0.0193. The van der Waals surface area contributed by atoms with Gasteiger partial charge >= 0.3 is 10.2 Å². The normalized spacial score (nSPS) is 19.7. The first kappa shape index (κ1) is 18.1. The Kier molecular flexibility index (Phi) is 5.53. The van der Waals surface area contributed by atoms with Crippen LogP contribution in [-0.4, -0.2) is 49.0 Å². The summed E-state index contributed by atoms with van der Waals surface area (Å²) in [5.41, 5.74) is 0.669. The smallest absolute Gasteiger partial charge is 0.304 e. The SMILES string of the molecule is COc1cc(C(=O)NS(=O)(=O)N2CCCCCCC2)nnc1C1CC1. The van der Waals surface area contributed by atoms with Crippen molar-refractivity contribution >= 4 is 16.1 Å². The molecule has 1 aromatic rings. The van der Waals surface area contributed by atoms with Crippen LogP contribution in [0.5, 0.6) is 5.75 Å². The van der Waals surface area contributed by atoms with Crippen LogP contribution in [0.4, 0.5) is 0 Å².